The lowest BCUT2D eigenvalue weighted by Crippen LogP contribution is -2.45. The Balaban J connectivity index is 2.52. The van der Waals surface area contributed by atoms with Crippen molar-refractivity contribution in [2.45, 2.75) is 25.4 Å². The fourth-order valence-corrected chi connectivity index (χ4v) is 2.04. The summed E-state index contributed by atoms with van der Waals surface area (Å²) in [6.07, 6.45) is 0.446. The first kappa shape index (κ1) is 11.0. The average Bonchev–Trinajstić information content (AvgIpc) is 2.65. The highest BCUT2D eigenvalue weighted by atomic mass is 35.5. The lowest BCUT2D eigenvalue weighted by molar-refractivity contribution is -0.142. The molecule has 2 heterocycles. The summed E-state index contributed by atoms with van der Waals surface area (Å²) in [6.45, 7) is 2.03. The average molecular weight is 242 g/mol. The molecule has 5 nitrogen and oxygen atoms in total. The molecule has 0 saturated heterocycles. The largest absolute Gasteiger partial charge is 0.479 e. The van der Waals surface area contributed by atoms with E-state index in [2.05, 4.69) is 5.32 Å². The second kappa shape index (κ2) is 3.52. The Bertz CT molecular complexity index is 511. The number of halogens is 1. The van der Waals surface area contributed by atoms with Gasteiger partial charge in [-0.15, -0.1) is 0 Å². The third-order valence-electron chi connectivity index (χ3n) is 2.98. The number of aromatic nitrogens is 1. The van der Waals surface area contributed by atoms with Gasteiger partial charge in [0.05, 0.1) is 11.6 Å². The molecule has 1 aromatic rings. The number of carboxylic acid groups (broad SMARTS) is 1. The molecule has 0 radical (unpaired) electrons. The smallest absolute Gasteiger partial charge is 0.331 e. The number of fused-ring (bicyclic) bond motifs is 1. The molecule has 0 saturated carbocycles. The molecule has 1 aliphatic rings. The van der Waals surface area contributed by atoms with E-state index < -0.39 is 11.5 Å². The van der Waals surface area contributed by atoms with Gasteiger partial charge in [0.15, 0.2) is 5.54 Å². The highest BCUT2D eigenvalue weighted by molar-refractivity contribution is 6.30. The molecular formula is C10H12ClN3O2. The first-order chi connectivity index (χ1) is 7.50. The number of nitrogens with zero attached hydrogens (tertiary/aromatic N) is 1. The number of hydrogen-bond acceptors (Lipinski definition) is 3. The van der Waals surface area contributed by atoms with Crippen molar-refractivity contribution in [3.63, 3.8) is 0 Å². The van der Waals surface area contributed by atoms with Crippen LogP contribution in [0.25, 0.3) is 0 Å². The molecule has 1 aromatic heterocycles. The van der Waals surface area contributed by atoms with Gasteiger partial charge >= 0.3 is 5.97 Å². The first-order valence-corrected chi connectivity index (χ1v) is 5.33. The molecule has 0 aliphatic carbocycles. The summed E-state index contributed by atoms with van der Waals surface area (Å²) < 4.78 is 1.58. The fraction of sp³-hybridized carbons (Fsp3) is 0.400. The number of carboxylic acids is 1. The molecule has 16 heavy (non-hydrogen) atoms. The topological polar surface area (TPSA) is 78.1 Å². The summed E-state index contributed by atoms with van der Waals surface area (Å²) >= 11 is 5.82. The molecule has 0 fully saturated rings. The van der Waals surface area contributed by atoms with Gasteiger partial charge in [-0.25, -0.2) is 4.79 Å². The molecule has 1 atom stereocenters. The van der Waals surface area contributed by atoms with Crippen LogP contribution in [0.3, 0.4) is 0 Å². The van der Waals surface area contributed by atoms with Gasteiger partial charge in [-0.2, -0.15) is 0 Å². The number of anilines is 1. The zero-order valence-corrected chi connectivity index (χ0v) is 9.51. The Morgan fingerprint density at radius 3 is 3.00 bits per heavy atom. The zero-order valence-electron chi connectivity index (χ0n) is 8.75. The van der Waals surface area contributed by atoms with Crippen LogP contribution in [0.15, 0.2) is 12.1 Å². The maximum Gasteiger partial charge on any atom is 0.331 e. The van der Waals surface area contributed by atoms with Gasteiger partial charge in [0.1, 0.15) is 11.3 Å². The lowest BCUT2D eigenvalue weighted by atomic mass is 9.98. The number of carbonyl (C=O) groups is 1. The quantitative estimate of drug-likeness (QED) is 0.730. The van der Waals surface area contributed by atoms with Gasteiger partial charge in [0, 0.05) is 0 Å². The summed E-state index contributed by atoms with van der Waals surface area (Å²) in [5.41, 5.74) is -0.878. The van der Waals surface area contributed by atoms with E-state index >= 15 is 0 Å². The molecule has 1 aliphatic heterocycles. The van der Waals surface area contributed by atoms with Crippen LogP contribution in [0, 0.1) is 5.41 Å². The minimum Gasteiger partial charge on any atom is -0.479 e. The number of hydrogen-bond donors (Lipinski definition) is 3. The van der Waals surface area contributed by atoms with Crippen LogP contribution in [-0.4, -0.2) is 21.2 Å². The molecule has 2 rings (SSSR count). The van der Waals surface area contributed by atoms with E-state index in [0.29, 0.717) is 17.3 Å². The van der Waals surface area contributed by atoms with Crippen LogP contribution in [0.5, 0.6) is 0 Å². The summed E-state index contributed by atoms with van der Waals surface area (Å²) in [7, 11) is 0. The summed E-state index contributed by atoms with van der Waals surface area (Å²) in [6, 6.07) is 3.29. The SMILES string of the molecule is CCC1(C(=O)O)Cn2c(ccc(Cl)c2=N)N1. The van der Waals surface area contributed by atoms with E-state index in [1.165, 1.54) is 0 Å². The standard InChI is InChI=1S/C10H12ClN3O2/c1-2-10(9(15)16)5-14-7(13-10)4-3-6(11)8(14)12/h3-4,12-13H,2,5H2,1H3,(H,15,16). The van der Waals surface area contributed by atoms with Gasteiger partial charge < -0.3 is 15.0 Å². The van der Waals surface area contributed by atoms with E-state index in [1.807, 2.05) is 0 Å². The highest BCUT2D eigenvalue weighted by Gasteiger charge is 2.42. The Hall–Kier alpha value is -1.49. The van der Waals surface area contributed by atoms with Crippen LogP contribution in [0.4, 0.5) is 5.82 Å². The Morgan fingerprint density at radius 1 is 1.75 bits per heavy atom. The van der Waals surface area contributed by atoms with Crippen molar-refractivity contribution in [1.29, 1.82) is 5.41 Å². The lowest BCUT2D eigenvalue weighted by Gasteiger charge is -2.21. The van der Waals surface area contributed by atoms with Gasteiger partial charge in [0.2, 0.25) is 0 Å². The van der Waals surface area contributed by atoms with Crippen LogP contribution >= 0.6 is 11.6 Å². The summed E-state index contributed by atoms with van der Waals surface area (Å²) in [5.74, 6) is -0.284. The van der Waals surface area contributed by atoms with E-state index in [4.69, 9.17) is 17.0 Å². The second-order valence-electron chi connectivity index (χ2n) is 3.87. The molecule has 0 amide bonds. The third-order valence-corrected chi connectivity index (χ3v) is 3.29. The fourth-order valence-electron chi connectivity index (χ4n) is 1.87. The Morgan fingerprint density at radius 2 is 2.44 bits per heavy atom. The van der Waals surface area contributed by atoms with Crippen LogP contribution in [-0.2, 0) is 11.3 Å². The molecule has 0 bridgehead atoms. The predicted octanol–water partition coefficient (Wildman–Crippen LogP) is 1.28. The monoisotopic (exact) mass is 241 g/mol. The first-order valence-electron chi connectivity index (χ1n) is 4.96. The maximum atomic E-state index is 11.2. The van der Waals surface area contributed by atoms with E-state index in [-0.39, 0.29) is 12.0 Å². The minimum atomic E-state index is -1.02. The normalized spacial score (nSPS) is 22.6. The zero-order chi connectivity index (χ0) is 11.9. The molecule has 1 unspecified atom stereocenters. The molecule has 0 spiro atoms. The minimum absolute atomic E-state index is 0.142. The number of pyridine rings is 1. The van der Waals surface area contributed by atoms with Crippen molar-refractivity contribution in [3.05, 3.63) is 22.6 Å². The molecule has 86 valence electrons. The van der Waals surface area contributed by atoms with Crippen molar-refractivity contribution in [1.82, 2.24) is 4.57 Å². The van der Waals surface area contributed by atoms with Crippen LogP contribution in [0.1, 0.15) is 13.3 Å². The van der Waals surface area contributed by atoms with E-state index in [9.17, 15) is 9.90 Å². The number of nitrogens with one attached hydrogen (secondary N) is 2. The van der Waals surface area contributed by atoms with Crippen LogP contribution < -0.4 is 10.8 Å². The van der Waals surface area contributed by atoms with Gasteiger partial charge in [0.25, 0.3) is 0 Å². The Labute approximate surface area is 97.2 Å². The Kier molecular flexibility index (Phi) is 2.42. The van der Waals surface area contributed by atoms with Crippen molar-refractivity contribution in [2.24, 2.45) is 0 Å². The van der Waals surface area contributed by atoms with E-state index in [0.717, 1.165) is 0 Å². The number of aliphatic carboxylic acids is 1. The maximum absolute atomic E-state index is 11.2. The summed E-state index contributed by atoms with van der Waals surface area (Å²) in [4.78, 5) is 11.2. The number of rotatable bonds is 2. The van der Waals surface area contributed by atoms with E-state index in [1.54, 1.807) is 23.6 Å². The third kappa shape index (κ3) is 1.39. The second-order valence-corrected chi connectivity index (χ2v) is 4.27. The van der Waals surface area contributed by atoms with Crippen molar-refractivity contribution in [2.75, 3.05) is 5.32 Å². The molecule has 3 N–H and O–H groups in total. The van der Waals surface area contributed by atoms with Crippen molar-refractivity contribution >= 4 is 23.4 Å². The van der Waals surface area contributed by atoms with Crippen molar-refractivity contribution in [3.8, 4) is 0 Å². The van der Waals surface area contributed by atoms with Gasteiger partial charge in [-0.1, -0.05) is 18.5 Å². The molecular weight excluding hydrogens is 230 g/mol. The van der Waals surface area contributed by atoms with Gasteiger partial charge in [-0.05, 0) is 18.6 Å². The predicted molar refractivity (Wildman–Crippen MR) is 59.6 cm³/mol. The summed E-state index contributed by atoms with van der Waals surface area (Å²) in [5, 5.41) is 20.3. The van der Waals surface area contributed by atoms with Crippen LogP contribution in [0.2, 0.25) is 5.02 Å². The van der Waals surface area contributed by atoms with Gasteiger partial charge in [-0.3, -0.25) is 5.41 Å². The molecule has 0 aromatic carbocycles. The molecule has 6 heteroatoms. The highest BCUT2D eigenvalue weighted by Crippen LogP contribution is 2.28. The van der Waals surface area contributed by atoms with Crippen molar-refractivity contribution < 1.29 is 9.90 Å².